The van der Waals surface area contributed by atoms with Crippen molar-refractivity contribution in [3.63, 3.8) is 0 Å². The van der Waals surface area contributed by atoms with Crippen LogP contribution in [0.3, 0.4) is 0 Å². The predicted octanol–water partition coefficient (Wildman–Crippen LogP) is -0.862. The number of rotatable bonds is 1. The third kappa shape index (κ3) is 1.24. The van der Waals surface area contributed by atoms with Gasteiger partial charge in [0.05, 0.1) is 0 Å². The molecule has 0 radical (unpaired) electrons. The van der Waals surface area contributed by atoms with Gasteiger partial charge in [-0.25, -0.2) is 13.1 Å². The van der Waals surface area contributed by atoms with Crippen LogP contribution in [0.25, 0.3) is 0 Å². The molecule has 6 nitrogen and oxygen atoms in total. The van der Waals surface area contributed by atoms with Crippen molar-refractivity contribution in [3.8, 4) is 0 Å². The van der Waals surface area contributed by atoms with Crippen LogP contribution in [0.15, 0.2) is 5.16 Å². The van der Waals surface area contributed by atoms with Gasteiger partial charge in [-0.3, -0.25) is 0 Å². The van der Waals surface area contributed by atoms with Crippen LogP contribution < -0.4 is 0 Å². The molecule has 0 saturated carbocycles. The third-order valence-corrected chi connectivity index (χ3v) is 2.00. The minimum Gasteiger partial charge on any atom is -0.218 e. The zero-order chi connectivity index (χ0) is 7.78. The molecule has 10 heavy (non-hydrogen) atoms. The Bertz CT molecular complexity index is 329. The van der Waals surface area contributed by atoms with Crippen LogP contribution in [0.2, 0.25) is 0 Å². The van der Waals surface area contributed by atoms with E-state index in [4.69, 9.17) is 10.7 Å². The van der Waals surface area contributed by atoms with E-state index in [-0.39, 0.29) is 5.16 Å². The molecule has 56 valence electrons. The molecule has 1 heterocycles. The van der Waals surface area contributed by atoms with Gasteiger partial charge in [-0.1, -0.05) is 5.10 Å². The number of nitrogens with zero attached hydrogens (tertiary/aromatic N) is 4. The molecule has 0 spiro atoms. The second-order valence-corrected chi connectivity index (χ2v) is 3.98. The molecule has 0 N–H and O–H groups in total. The van der Waals surface area contributed by atoms with Crippen molar-refractivity contribution in [2.24, 2.45) is 7.05 Å². The molecule has 1 rings (SSSR count). The Morgan fingerprint density at radius 1 is 1.60 bits per heavy atom. The van der Waals surface area contributed by atoms with Crippen LogP contribution in [0.4, 0.5) is 0 Å². The van der Waals surface area contributed by atoms with E-state index in [0.717, 1.165) is 4.68 Å². The number of tetrazole rings is 1. The SMILES string of the molecule is Cn1nnnc1S(=O)(=O)Cl. The summed E-state index contributed by atoms with van der Waals surface area (Å²) in [6, 6.07) is 0. The van der Waals surface area contributed by atoms with Gasteiger partial charge in [0.1, 0.15) is 0 Å². The number of hydrogen-bond donors (Lipinski definition) is 0. The molecule has 0 unspecified atom stereocenters. The van der Waals surface area contributed by atoms with Crippen LogP contribution in [0.1, 0.15) is 0 Å². The average molecular weight is 183 g/mol. The highest BCUT2D eigenvalue weighted by Crippen LogP contribution is 2.07. The zero-order valence-electron chi connectivity index (χ0n) is 4.89. The second kappa shape index (κ2) is 2.17. The van der Waals surface area contributed by atoms with E-state index in [2.05, 4.69) is 15.5 Å². The molecule has 0 saturated heterocycles. The van der Waals surface area contributed by atoms with Crippen molar-refractivity contribution in [2.75, 3.05) is 0 Å². The molecule has 0 aliphatic rings. The third-order valence-electron chi connectivity index (χ3n) is 0.799. The summed E-state index contributed by atoms with van der Waals surface area (Å²) in [7, 11) is 2.51. The van der Waals surface area contributed by atoms with Gasteiger partial charge in [0.2, 0.25) is 0 Å². The van der Waals surface area contributed by atoms with Gasteiger partial charge in [-0.15, -0.1) is 0 Å². The van der Waals surface area contributed by atoms with Crippen molar-refractivity contribution >= 4 is 19.7 Å². The molecule has 8 heteroatoms. The van der Waals surface area contributed by atoms with E-state index in [1.54, 1.807) is 0 Å². The number of aryl methyl sites for hydroxylation is 1. The molecule has 0 amide bonds. The summed E-state index contributed by atoms with van der Waals surface area (Å²) in [4.78, 5) is 0. The highest BCUT2D eigenvalue weighted by atomic mass is 35.7. The van der Waals surface area contributed by atoms with E-state index in [0.29, 0.717) is 0 Å². The lowest BCUT2D eigenvalue weighted by Gasteiger charge is -1.88. The minimum absolute atomic E-state index is 0.353. The number of aromatic nitrogens is 4. The van der Waals surface area contributed by atoms with Crippen molar-refractivity contribution in [1.82, 2.24) is 20.2 Å². The molecule has 0 bridgehead atoms. The molecule has 0 aliphatic carbocycles. The maximum atomic E-state index is 10.5. The summed E-state index contributed by atoms with van der Waals surface area (Å²) in [6.07, 6.45) is 0. The topological polar surface area (TPSA) is 77.7 Å². The van der Waals surface area contributed by atoms with Crippen molar-refractivity contribution < 1.29 is 8.42 Å². The summed E-state index contributed by atoms with van der Waals surface area (Å²) >= 11 is 0. The zero-order valence-corrected chi connectivity index (χ0v) is 6.46. The molecule has 1 aromatic heterocycles. The Kier molecular flexibility index (Phi) is 1.61. The quantitative estimate of drug-likeness (QED) is 0.528. The van der Waals surface area contributed by atoms with Gasteiger partial charge in [-0.05, 0) is 10.4 Å². The Morgan fingerprint density at radius 3 is 2.40 bits per heavy atom. The highest BCUT2D eigenvalue weighted by molar-refractivity contribution is 8.13. The fourth-order valence-electron chi connectivity index (χ4n) is 0.428. The van der Waals surface area contributed by atoms with E-state index in [1.165, 1.54) is 7.05 Å². The lowest BCUT2D eigenvalue weighted by molar-refractivity contribution is 0.582. The molecule has 0 fully saturated rings. The molecule has 1 aromatic rings. The van der Waals surface area contributed by atoms with Crippen LogP contribution in [-0.4, -0.2) is 28.6 Å². The largest absolute Gasteiger partial charge is 0.298 e. The van der Waals surface area contributed by atoms with Crippen LogP contribution in [0.5, 0.6) is 0 Å². The summed E-state index contributed by atoms with van der Waals surface area (Å²) in [6.45, 7) is 0. The minimum atomic E-state index is -3.79. The van der Waals surface area contributed by atoms with E-state index < -0.39 is 9.05 Å². The summed E-state index contributed by atoms with van der Waals surface area (Å²) < 4.78 is 22.0. The van der Waals surface area contributed by atoms with Gasteiger partial charge >= 0.3 is 0 Å². The fraction of sp³-hybridized carbons (Fsp3) is 0.500. The maximum absolute atomic E-state index is 10.5. The first-order chi connectivity index (χ1) is 4.52. The van der Waals surface area contributed by atoms with Crippen LogP contribution >= 0.6 is 10.7 Å². The first kappa shape index (κ1) is 7.42. The Morgan fingerprint density at radius 2 is 2.20 bits per heavy atom. The van der Waals surface area contributed by atoms with Gasteiger partial charge < -0.3 is 0 Å². The van der Waals surface area contributed by atoms with Crippen molar-refractivity contribution in [2.45, 2.75) is 5.16 Å². The maximum Gasteiger partial charge on any atom is 0.298 e. The summed E-state index contributed by atoms with van der Waals surface area (Å²) in [5, 5.41) is 9.18. The second-order valence-electron chi connectivity index (χ2n) is 1.52. The molecular weight excluding hydrogens is 180 g/mol. The molecule has 0 aliphatic heterocycles. The van der Waals surface area contributed by atoms with Gasteiger partial charge in [0.15, 0.2) is 0 Å². The van der Waals surface area contributed by atoms with Crippen LogP contribution in [0, 0.1) is 0 Å². The van der Waals surface area contributed by atoms with Gasteiger partial charge in [-0.2, -0.15) is 0 Å². The lowest BCUT2D eigenvalue weighted by Crippen LogP contribution is -2.02. The Balaban J connectivity index is 3.32. The fourth-order valence-corrected chi connectivity index (χ4v) is 1.31. The van der Waals surface area contributed by atoms with E-state index in [1.807, 2.05) is 0 Å². The van der Waals surface area contributed by atoms with Crippen molar-refractivity contribution in [1.29, 1.82) is 0 Å². The Labute approximate surface area is 61.2 Å². The molecular formula is C2H3ClN4O2S. The lowest BCUT2D eigenvalue weighted by atomic mass is 11.2. The monoisotopic (exact) mass is 182 g/mol. The predicted molar refractivity (Wildman–Crippen MR) is 31.8 cm³/mol. The highest BCUT2D eigenvalue weighted by Gasteiger charge is 2.16. The molecule has 0 aromatic carbocycles. The first-order valence-electron chi connectivity index (χ1n) is 2.19. The smallest absolute Gasteiger partial charge is 0.218 e. The van der Waals surface area contributed by atoms with E-state index in [9.17, 15) is 8.42 Å². The van der Waals surface area contributed by atoms with Crippen molar-refractivity contribution in [3.05, 3.63) is 0 Å². The number of hydrogen-bond acceptors (Lipinski definition) is 5. The number of halogens is 1. The normalized spacial score (nSPS) is 11.8. The standard InChI is InChI=1S/C2H3ClN4O2S/c1-7-2(4-5-6-7)10(3,8)9/h1H3. The first-order valence-corrected chi connectivity index (χ1v) is 4.50. The van der Waals surface area contributed by atoms with Gasteiger partial charge in [0.25, 0.3) is 14.2 Å². The molecule has 0 atom stereocenters. The van der Waals surface area contributed by atoms with E-state index >= 15 is 0 Å². The van der Waals surface area contributed by atoms with Gasteiger partial charge in [0, 0.05) is 17.7 Å². The Hall–Kier alpha value is -0.690. The average Bonchev–Trinajstić information content (AvgIpc) is 2.11. The summed E-state index contributed by atoms with van der Waals surface area (Å²) in [5.74, 6) is 0. The van der Waals surface area contributed by atoms with Crippen LogP contribution in [-0.2, 0) is 16.1 Å². The summed E-state index contributed by atoms with van der Waals surface area (Å²) in [5.41, 5.74) is 0.